The van der Waals surface area contributed by atoms with Crippen molar-refractivity contribution in [3.8, 4) is 0 Å². The fourth-order valence-corrected chi connectivity index (χ4v) is 5.10. The summed E-state index contributed by atoms with van der Waals surface area (Å²) in [7, 11) is 0.114. The van der Waals surface area contributed by atoms with Crippen LogP contribution in [-0.4, -0.2) is 82.2 Å². The maximum absolute atomic E-state index is 12.3. The number of hydrogen-bond acceptors (Lipinski definition) is 4. The van der Waals surface area contributed by atoms with Crippen LogP contribution in [0.2, 0.25) is 0 Å². The van der Waals surface area contributed by atoms with Gasteiger partial charge in [0.15, 0.2) is 5.96 Å². The minimum atomic E-state index is -3.31. The molecule has 0 spiro atoms. The molecule has 1 atom stereocenters. The van der Waals surface area contributed by atoms with Crippen LogP contribution in [0.1, 0.15) is 45.4 Å². The van der Waals surface area contributed by atoms with E-state index in [2.05, 4.69) is 15.0 Å². The van der Waals surface area contributed by atoms with Crippen molar-refractivity contribution >= 4 is 21.9 Å². The van der Waals surface area contributed by atoms with Gasteiger partial charge in [-0.2, -0.15) is 0 Å². The Morgan fingerprint density at radius 1 is 1.19 bits per heavy atom. The Bertz CT molecular complexity index is 614. The molecular formula is C18H35N5O3S. The lowest BCUT2D eigenvalue weighted by atomic mass is 9.89. The van der Waals surface area contributed by atoms with Crippen LogP contribution in [0.5, 0.6) is 0 Å². The number of guanidine groups is 1. The van der Waals surface area contributed by atoms with E-state index in [0.29, 0.717) is 37.9 Å². The third-order valence-corrected chi connectivity index (χ3v) is 7.32. The second kappa shape index (κ2) is 10.3. The van der Waals surface area contributed by atoms with Crippen LogP contribution in [0.3, 0.4) is 0 Å². The van der Waals surface area contributed by atoms with E-state index in [1.807, 2.05) is 4.90 Å². The molecule has 0 aromatic heterocycles. The number of nitrogens with one attached hydrogen (secondary N) is 2. The van der Waals surface area contributed by atoms with E-state index < -0.39 is 15.3 Å². The summed E-state index contributed by atoms with van der Waals surface area (Å²) < 4.78 is 27.2. The molecule has 0 aromatic carbocycles. The fraction of sp³-hybridized carbons (Fsp3) is 0.889. The van der Waals surface area contributed by atoms with Gasteiger partial charge in [-0.1, -0.05) is 26.2 Å². The average Bonchev–Trinajstić information content (AvgIpc) is 3.13. The van der Waals surface area contributed by atoms with Crippen LogP contribution in [-0.2, 0) is 14.8 Å². The van der Waals surface area contributed by atoms with Crippen LogP contribution >= 0.6 is 0 Å². The van der Waals surface area contributed by atoms with Gasteiger partial charge in [0.25, 0.3) is 0 Å². The standard InChI is InChI=1S/C18H35N5O3S/c1-4-21-27(25,26)16-10-11-23(14-16)18(20-13-17(24)22(2)3)19-12-15-8-6-5-7-9-15/h15-16,21H,4-14H2,1-3H3,(H,19,20). The highest BCUT2D eigenvalue weighted by molar-refractivity contribution is 7.90. The molecule has 1 aliphatic carbocycles. The summed E-state index contributed by atoms with van der Waals surface area (Å²) in [6, 6.07) is 0. The lowest BCUT2D eigenvalue weighted by Crippen LogP contribution is -2.44. The highest BCUT2D eigenvalue weighted by Crippen LogP contribution is 2.23. The van der Waals surface area contributed by atoms with Crippen molar-refractivity contribution in [2.24, 2.45) is 10.9 Å². The molecule has 0 radical (unpaired) electrons. The van der Waals surface area contributed by atoms with Crippen LogP contribution in [0.4, 0.5) is 0 Å². The lowest BCUT2D eigenvalue weighted by molar-refractivity contribution is -0.127. The number of amides is 1. The largest absolute Gasteiger partial charge is 0.356 e. The van der Waals surface area contributed by atoms with Crippen LogP contribution < -0.4 is 10.0 Å². The molecule has 1 saturated carbocycles. The molecule has 2 fully saturated rings. The minimum Gasteiger partial charge on any atom is -0.356 e. The topological polar surface area (TPSA) is 94.1 Å². The third kappa shape index (κ3) is 6.64. The first kappa shape index (κ1) is 21.9. The van der Waals surface area contributed by atoms with Crippen molar-refractivity contribution in [3.05, 3.63) is 0 Å². The predicted octanol–water partition coefficient (Wildman–Crippen LogP) is 0.614. The number of likely N-dealkylation sites (tertiary alicyclic amines) is 1. The van der Waals surface area contributed by atoms with Gasteiger partial charge in [0.1, 0.15) is 6.54 Å². The van der Waals surface area contributed by atoms with E-state index in [1.165, 1.54) is 37.0 Å². The zero-order valence-corrected chi connectivity index (χ0v) is 17.7. The Morgan fingerprint density at radius 2 is 1.89 bits per heavy atom. The second-order valence-corrected chi connectivity index (χ2v) is 9.76. The van der Waals surface area contributed by atoms with Gasteiger partial charge in [-0.05, 0) is 25.2 Å². The van der Waals surface area contributed by atoms with E-state index in [1.54, 1.807) is 21.0 Å². The molecule has 1 amide bonds. The molecule has 1 aliphatic heterocycles. The first-order chi connectivity index (χ1) is 12.8. The summed E-state index contributed by atoms with van der Waals surface area (Å²) in [6.07, 6.45) is 6.85. The van der Waals surface area contributed by atoms with Crippen LogP contribution in [0.15, 0.2) is 4.99 Å². The molecule has 1 heterocycles. The van der Waals surface area contributed by atoms with Gasteiger partial charge in [0, 0.05) is 40.3 Å². The second-order valence-electron chi connectivity index (χ2n) is 7.71. The first-order valence-electron chi connectivity index (χ1n) is 10.1. The Balaban J connectivity index is 2.02. The molecule has 27 heavy (non-hydrogen) atoms. The van der Waals surface area contributed by atoms with Gasteiger partial charge in [-0.15, -0.1) is 0 Å². The van der Waals surface area contributed by atoms with Gasteiger partial charge >= 0.3 is 0 Å². The lowest BCUT2D eigenvalue weighted by Gasteiger charge is -2.26. The molecule has 2 N–H and O–H groups in total. The molecule has 156 valence electrons. The highest BCUT2D eigenvalue weighted by Gasteiger charge is 2.34. The van der Waals surface area contributed by atoms with Gasteiger partial charge in [-0.25, -0.2) is 18.1 Å². The molecule has 0 bridgehead atoms. The van der Waals surface area contributed by atoms with Crippen molar-refractivity contribution in [3.63, 3.8) is 0 Å². The van der Waals surface area contributed by atoms with Gasteiger partial charge in [0.2, 0.25) is 15.9 Å². The maximum Gasteiger partial charge on any atom is 0.243 e. The number of hydrogen-bond donors (Lipinski definition) is 2. The summed E-state index contributed by atoms with van der Waals surface area (Å²) in [4.78, 5) is 19.9. The Hall–Kier alpha value is -1.35. The number of aliphatic imine (C=N–C) groups is 1. The molecule has 2 rings (SSSR count). The molecule has 8 nitrogen and oxygen atoms in total. The predicted molar refractivity (Wildman–Crippen MR) is 108 cm³/mol. The third-order valence-electron chi connectivity index (χ3n) is 5.37. The zero-order valence-electron chi connectivity index (χ0n) is 16.9. The summed E-state index contributed by atoms with van der Waals surface area (Å²) >= 11 is 0. The number of carbonyl (C=O) groups is 1. The summed E-state index contributed by atoms with van der Waals surface area (Å²) in [5.41, 5.74) is 0. The highest BCUT2D eigenvalue weighted by atomic mass is 32.2. The number of nitrogens with zero attached hydrogens (tertiary/aromatic N) is 3. The van der Waals surface area contributed by atoms with Gasteiger partial charge in [-0.3, -0.25) is 4.79 Å². The van der Waals surface area contributed by atoms with Crippen molar-refractivity contribution < 1.29 is 13.2 Å². The summed E-state index contributed by atoms with van der Waals surface area (Å²) in [5, 5.41) is 2.98. The maximum atomic E-state index is 12.3. The van der Waals surface area contributed by atoms with Crippen LogP contribution in [0.25, 0.3) is 0 Å². The molecule has 2 aliphatic rings. The number of rotatable bonds is 7. The molecule has 1 unspecified atom stereocenters. The summed E-state index contributed by atoms with van der Waals surface area (Å²) in [5.74, 6) is 1.21. The monoisotopic (exact) mass is 401 g/mol. The van der Waals surface area contributed by atoms with Crippen LogP contribution in [0, 0.1) is 5.92 Å². The average molecular weight is 402 g/mol. The number of carbonyl (C=O) groups excluding carboxylic acids is 1. The van der Waals surface area contributed by atoms with E-state index in [0.717, 1.165) is 6.54 Å². The first-order valence-corrected chi connectivity index (χ1v) is 11.6. The van der Waals surface area contributed by atoms with Crippen molar-refractivity contribution in [1.29, 1.82) is 0 Å². The van der Waals surface area contributed by atoms with E-state index in [9.17, 15) is 13.2 Å². The smallest absolute Gasteiger partial charge is 0.243 e. The quantitative estimate of drug-likeness (QED) is 0.482. The normalized spacial score (nSPS) is 22.1. The Morgan fingerprint density at radius 3 is 2.52 bits per heavy atom. The van der Waals surface area contributed by atoms with E-state index in [4.69, 9.17) is 0 Å². The Labute approximate surface area is 163 Å². The minimum absolute atomic E-state index is 0.0667. The molecule has 0 aromatic rings. The summed E-state index contributed by atoms with van der Waals surface area (Å²) in [6.45, 7) is 4.12. The van der Waals surface area contributed by atoms with Gasteiger partial charge in [0.05, 0.1) is 5.25 Å². The Kier molecular flexibility index (Phi) is 8.34. The molecular weight excluding hydrogens is 366 g/mol. The number of sulfonamides is 1. The SMILES string of the molecule is CCNS(=O)(=O)C1CCN(C(=NCC(=O)N(C)C)NCC2CCCCC2)C1. The van der Waals surface area contributed by atoms with Crippen molar-refractivity contribution in [1.82, 2.24) is 19.8 Å². The molecule has 9 heteroatoms. The van der Waals surface area contributed by atoms with E-state index >= 15 is 0 Å². The number of likely N-dealkylation sites (N-methyl/N-ethyl adjacent to an activating group) is 1. The fourth-order valence-electron chi connectivity index (χ4n) is 3.67. The van der Waals surface area contributed by atoms with Crippen molar-refractivity contribution in [2.45, 2.75) is 50.7 Å². The molecule has 1 saturated heterocycles. The van der Waals surface area contributed by atoms with Crippen molar-refractivity contribution in [2.75, 3.05) is 46.8 Å². The zero-order chi connectivity index (χ0) is 19.9. The van der Waals surface area contributed by atoms with Gasteiger partial charge < -0.3 is 15.1 Å². The van der Waals surface area contributed by atoms with E-state index in [-0.39, 0.29) is 12.5 Å².